The van der Waals surface area contributed by atoms with E-state index in [-0.39, 0.29) is 17.8 Å². The number of nitrogens with one attached hydrogen (secondary N) is 1. The first kappa shape index (κ1) is 14.9. The van der Waals surface area contributed by atoms with Crippen molar-refractivity contribution in [2.75, 3.05) is 0 Å². The van der Waals surface area contributed by atoms with Crippen LogP contribution >= 0.6 is 11.3 Å². The Balaban J connectivity index is 1.97. The Hall–Kier alpha value is -1.46. The van der Waals surface area contributed by atoms with Crippen LogP contribution in [0, 0.1) is 0 Å². The maximum Gasteiger partial charge on any atom is 0.387 e. The molecule has 2 rings (SSSR count). The summed E-state index contributed by atoms with van der Waals surface area (Å²) in [6, 6.07) is 11.2. The SMILES string of the molecule is CC(N[C@H](C)c1cccs1)c1ccc(OC(F)F)cc1. The lowest BCUT2D eigenvalue weighted by atomic mass is 10.1. The fourth-order valence-electron chi connectivity index (χ4n) is 2.03. The van der Waals surface area contributed by atoms with Crippen molar-refractivity contribution in [2.45, 2.75) is 32.5 Å². The summed E-state index contributed by atoms with van der Waals surface area (Å²) in [6.07, 6.45) is 0. The number of alkyl halides is 2. The van der Waals surface area contributed by atoms with E-state index >= 15 is 0 Å². The number of halogens is 2. The highest BCUT2D eigenvalue weighted by atomic mass is 32.1. The summed E-state index contributed by atoms with van der Waals surface area (Å²) in [5.74, 6) is 0.183. The lowest BCUT2D eigenvalue weighted by Gasteiger charge is -2.19. The Labute approximate surface area is 121 Å². The van der Waals surface area contributed by atoms with Gasteiger partial charge in [0.2, 0.25) is 0 Å². The Morgan fingerprint density at radius 3 is 2.30 bits per heavy atom. The molecule has 1 aromatic heterocycles. The molecule has 0 radical (unpaired) electrons. The van der Waals surface area contributed by atoms with Gasteiger partial charge in [-0.1, -0.05) is 18.2 Å². The van der Waals surface area contributed by atoms with E-state index in [2.05, 4.69) is 28.4 Å². The second-order valence-electron chi connectivity index (χ2n) is 4.57. The predicted octanol–water partition coefficient (Wildman–Crippen LogP) is 4.76. The average molecular weight is 297 g/mol. The summed E-state index contributed by atoms with van der Waals surface area (Å²) < 4.78 is 28.5. The molecule has 0 spiro atoms. The van der Waals surface area contributed by atoms with Crippen molar-refractivity contribution in [2.24, 2.45) is 0 Å². The van der Waals surface area contributed by atoms with Crippen molar-refractivity contribution in [3.8, 4) is 5.75 Å². The monoisotopic (exact) mass is 297 g/mol. The van der Waals surface area contributed by atoms with E-state index in [0.29, 0.717) is 0 Å². The van der Waals surface area contributed by atoms with Crippen LogP contribution in [0.15, 0.2) is 41.8 Å². The third-order valence-electron chi connectivity index (χ3n) is 3.08. The van der Waals surface area contributed by atoms with Crippen LogP contribution in [0.5, 0.6) is 5.75 Å². The van der Waals surface area contributed by atoms with E-state index in [1.165, 1.54) is 4.88 Å². The van der Waals surface area contributed by atoms with Crippen molar-refractivity contribution in [3.05, 3.63) is 52.2 Å². The lowest BCUT2D eigenvalue weighted by Crippen LogP contribution is -2.21. The molecule has 2 atom stereocenters. The van der Waals surface area contributed by atoms with Crippen molar-refractivity contribution in [3.63, 3.8) is 0 Å². The van der Waals surface area contributed by atoms with E-state index in [4.69, 9.17) is 0 Å². The minimum atomic E-state index is -2.78. The molecule has 5 heteroatoms. The first-order chi connectivity index (χ1) is 9.56. The molecule has 0 aliphatic rings. The molecule has 0 aliphatic heterocycles. The minimum Gasteiger partial charge on any atom is -0.435 e. The molecule has 1 unspecified atom stereocenters. The first-order valence-electron chi connectivity index (χ1n) is 6.40. The van der Waals surface area contributed by atoms with Gasteiger partial charge in [-0.3, -0.25) is 0 Å². The fourth-order valence-corrected chi connectivity index (χ4v) is 2.77. The first-order valence-corrected chi connectivity index (χ1v) is 7.28. The van der Waals surface area contributed by atoms with Gasteiger partial charge in [0.1, 0.15) is 5.75 Å². The van der Waals surface area contributed by atoms with Crippen molar-refractivity contribution >= 4 is 11.3 Å². The van der Waals surface area contributed by atoms with E-state index in [0.717, 1.165) is 5.56 Å². The van der Waals surface area contributed by atoms with Gasteiger partial charge in [-0.05, 0) is 43.0 Å². The summed E-state index contributed by atoms with van der Waals surface area (Å²) in [5.41, 5.74) is 1.04. The van der Waals surface area contributed by atoms with Gasteiger partial charge in [-0.25, -0.2) is 0 Å². The van der Waals surface area contributed by atoms with E-state index in [9.17, 15) is 8.78 Å². The normalized spacial score (nSPS) is 14.2. The third kappa shape index (κ3) is 4.02. The standard InChI is InChI=1S/C15H17F2NOS/c1-10(18-11(2)14-4-3-9-20-14)12-5-7-13(8-6-12)19-15(16)17/h3-11,15,18H,1-2H3/t10?,11-/m1/s1. The average Bonchev–Trinajstić information content (AvgIpc) is 2.92. The largest absolute Gasteiger partial charge is 0.435 e. The maximum absolute atomic E-state index is 12.1. The molecule has 2 aromatic rings. The maximum atomic E-state index is 12.1. The van der Waals surface area contributed by atoms with Gasteiger partial charge in [-0.2, -0.15) is 8.78 Å². The number of hydrogen-bond donors (Lipinski definition) is 1. The third-order valence-corrected chi connectivity index (χ3v) is 4.13. The highest BCUT2D eigenvalue weighted by Crippen LogP contribution is 2.24. The van der Waals surface area contributed by atoms with E-state index in [1.54, 1.807) is 35.6 Å². The number of rotatable bonds is 6. The summed E-state index contributed by atoms with van der Waals surface area (Å²) >= 11 is 1.71. The van der Waals surface area contributed by atoms with Gasteiger partial charge in [0, 0.05) is 17.0 Å². The Morgan fingerprint density at radius 1 is 1.05 bits per heavy atom. The highest BCUT2D eigenvalue weighted by molar-refractivity contribution is 7.10. The molecule has 20 heavy (non-hydrogen) atoms. The molecular weight excluding hydrogens is 280 g/mol. The molecule has 0 saturated carbocycles. The van der Waals surface area contributed by atoms with E-state index in [1.807, 2.05) is 13.0 Å². The van der Waals surface area contributed by atoms with Gasteiger partial charge >= 0.3 is 6.61 Å². The zero-order valence-electron chi connectivity index (χ0n) is 11.3. The molecule has 1 heterocycles. The van der Waals surface area contributed by atoms with Crippen LogP contribution in [0.1, 0.15) is 36.4 Å². The molecule has 108 valence electrons. The van der Waals surface area contributed by atoms with Gasteiger partial charge < -0.3 is 10.1 Å². The van der Waals surface area contributed by atoms with Gasteiger partial charge in [-0.15, -0.1) is 11.3 Å². The number of hydrogen-bond acceptors (Lipinski definition) is 3. The predicted molar refractivity (Wildman–Crippen MR) is 77.4 cm³/mol. The summed E-state index contributed by atoms with van der Waals surface area (Å²) in [4.78, 5) is 1.27. The van der Waals surface area contributed by atoms with Crippen LogP contribution in [0.4, 0.5) is 8.78 Å². The van der Waals surface area contributed by atoms with Crippen LogP contribution in [0.2, 0.25) is 0 Å². The van der Waals surface area contributed by atoms with Crippen molar-refractivity contribution in [1.82, 2.24) is 5.32 Å². The minimum absolute atomic E-state index is 0.132. The van der Waals surface area contributed by atoms with Crippen LogP contribution in [0.25, 0.3) is 0 Å². The second-order valence-corrected chi connectivity index (χ2v) is 5.55. The van der Waals surface area contributed by atoms with Gasteiger partial charge in [0.25, 0.3) is 0 Å². The summed E-state index contributed by atoms with van der Waals surface area (Å²) in [6.45, 7) is 1.37. The number of ether oxygens (including phenoxy) is 1. The molecule has 0 saturated heterocycles. The summed E-state index contributed by atoms with van der Waals surface area (Å²) in [5, 5.41) is 5.53. The molecule has 0 aliphatic carbocycles. The van der Waals surface area contributed by atoms with Crippen molar-refractivity contribution < 1.29 is 13.5 Å². The Kier molecular flexibility index (Phi) is 5.09. The Morgan fingerprint density at radius 2 is 1.75 bits per heavy atom. The molecular formula is C15H17F2NOS. The number of thiophene rings is 1. The van der Waals surface area contributed by atoms with E-state index < -0.39 is 6.61 Å². The second kappa shape index (κ2) is 6.81. The fraction of sp³-hybridized carbons (Fsp3) is 0.333. The van der Waals surface area contributed by atoms with Crippen LogP contribution < -0.4 is 10.1 Å². The Bertz CT molecular complexity index is 513. The topological polar surface area (TPSA) is 21.3 Å². The zero-order valence-corrected chi connectivity index (χ0v) is 12.2. The van der Waals surface area contributed by atoms with Gasteiger partial charge in [0.05, 0.1) is 0 Å². The van der Waals surface area contributed by atoms with Crippen LogP contribution in [0.3, 0.4) is 0 Å². The molecule has 0 fully saturated rings. The van der Waals surface area contributed by atoms with Gasteiger partial charge in [0.15, 0.2) is 0 Å². The van der Waals surface area contributed by atoms with Crippen molar-refractivity contribution in [1.29, 1.82) is 0 Å². The number of benzene rings is 1. The quantitative estimate of drug-likeness (QED) is 0.830. The lowest BCUT2D eigenvalue weighted by molar-refractivity contribution is -0.0498. The highest BCUT2D eigenvalue weighted by Gasteiger charge is 2.12. The molecule has 1 N–H and O–H groups in total. The molecule has 0 bridgehead atoms. The molecule has 1 aromatic carbocycles. The zero-order chi connectivity index (χ0) is 14.5. The smallest absolute Gasteiger partial charge is 0.387 e. The molecule has 0 amide bonds. The van der Waals surface area contributed by atoms with Crippen LogP contribution in [-0.4, -0.2) is 6.61 Å². The summed E-state index contributed by atoms with van der Waals surface area (Å²) in [7, 11) is 0. The van der Waals surface area contributed by atoms with Crippen LogP contribution in [-0.2, 0) is 0 Å². The molecule has 2 nitrogen and oxygen atoms in total.